The van der Waals surface area contributed by atoms with Crippen LogP contribution < -0.4 is 19.9 Å². The van der Waals surface area contributed by atoms with Gasteiger partial charge in [0.1, 0.15) is 11.5 Å². The third kappa shape index (κ3) is 3.77. The Kier molecular flexibility index (Phi) is 5.35. The number of rotatable bonds is 4. The second-order valence-corrected chi connectivity index (χ2v) is 8.21. The van der Waals surface area contributed by atoms with Crippen molar-refractivity contribution in [2.24, 2.45) is 0 Å². The van der Waals surface area contributed by atoms with Crippen molar-refractivity contribution in [3.63, 3.8) is 0 Å². The molecule has 2 heterocycles. The normalized spacial score (nSPS) is 16.2. The molecule has 2 N–H and O–H groups in total. The molecule has 2 aliphatic heterocycles. The van der Waals surface area contributed by atoms with Crippen molar-refractivity contribution in [1.82, 2.24) is 0 Å². The third-order valence-corrected chi connectivity index (χ3v) is 6.42. The summed E-state index contributed by atoms with van der Waals surface area (Å²) < 4.78 is 6.06. The maximum Gasteiger partial charge on any atom is 0.236 e. The van der Waals surface area contributed by atoms with Crippen molar-refractivity contribution in [3.05, 3.63) is 83.9 Å². The Morgan fingerprint density at radius 3 is 2.16 bits per heavy atom. The molecular formula is C26H28N3O2+. The van der Waals surface area contributed by atoms with Gasteiger partial charge in [-0.25, -0.2) is 0 Å². The summed E-state index contributed by atoms with van der Waals surface area (Å²) >= 11 is 0. The Morgan fingerprint density at radius 2 is 1.52 bits per heavy atom. The summed E-state index contributed by atoms with van der Waals surface area (Å²) in [5.74, 6) is 1.05. The van der Waals surface area contributed by atoms with Gasteiger partial charge in [-0.05, 0) is 31.2 Å². The van der Waals surface area contributed by atoms with Gasteiger partial charge >= 0.3 is 0 Å². The Hall–Kier alpha value is -3.31. The summed E-state index contributed by atoms with van der Waals surface area (Å²) in [7, 11) is 0. The fraction of sp³-hybridized carbons (Fsp3) is 0.269. The van der Waals surface area contributed by atoms with Crippen molar-refractivity contribution >= 4 is 17.3 Å². The zero-order valence-electron chi connectivity index (χ0n) is 17.8. The quantitative estimate of drug-likeness (QED) is 0.689. The summed E-state index contributed by atoms with van der Waals surface area (Å²) in [5, 5.41) is 3.24. The van der Waals surface area contributed by atoms with Gasteiger partial charge in [0.15, 0.2) is 0 Å². The van der Waals surface area contributed by atoms with Crippen LogP contribution in [0.3, 0.4) is 0 Å². The number of hydrogen-bond donors (Lipinski definition) is 2. The third-order valence-electron chi connectivity index (χ3n) is 6.42. The highest BCUT2D eigenvalue weighted by molar-refractivity contribution is 6.01. The molecule has 1 saturated heterocycles. The summed E-state index contributed by atoms with van der Waals surface area (Å²) in [4.78, 5) is 17.7. The number of benzene rings is 3. The maximum absolute atomic E-state index is 13.6. The first-order valence-corrected chi connectivity index (χ1v) is 11.1. The lowest BCUT2D eigenvalue weighted by Gasteiger charge is -2.34. The number of quaternary nitrogens is 1. The fourth-order valence-electron chi connectivity index (χ4n) is 4.67. The van der Waals surface area contributed by atoms with E-state index in [4.69, 9.17) is 4.74 Å². The number of para-hydroxylation sites is 4. The van der Waals surface area contributed by atoms with Crippen LogP contribution in [0.15, 0.2) is 72.8 Å². The molecule has 5 nitrogen and oxygen atoms in total. The number of piperazine rings is 1. The SMILES string of the molecule is CC[NH+]1CCN(c2ccccc2NC(=O)C2c3ccccc3Oc3ccccc32)CC1. The van der Waals surface area contributed by atoms with Crippen molar-refractivity contribution in [2.45, 2.75) is 12.8 Å². The van der Waals surface area contributed by atoms with E-state index in [-0.39, 0.29) is 5.91 Å². The molecule has 5 heteroatoms. The van der Waals surface area contributed by atoms with Gasteiger partial charge in [-0.3, -0.25) is 4.79 Å². The van der Waals surface area contributed by atoms with Crippen LogP contribution in [0, 0.1) is 0 Å². The van der Waals surface area contributed by atoms with E-state index >= 15 is 0 Å². The number of nitrogens with one attached hydrogen (secondary N) is 2. The Labute approximate surface area is 183 Å². The topological polar surface area (TPSA) is 46.0 Å². The van der Waals surface area contributed by atoms with Gasteiger partial charge in [0.05, 0.1) is 50.0 Å². The van der Waals surface area contributed by atoms with Crippen molar-refractivity contribution < 1.29 is 14.4 Å². The number of likely N-dealkylation sites (N-methyl/N-ethyl adjacent to an activating group) is 1. The van der Waals surface area contributed by atoms with E-state index in [1.54, 1.807) is 4.90 Å². The van der Waals surface area contributed by atoms with E-state index in [0.717, 1.165) is 66.7 Å². The van der Waals surface area contributed by atoms with Crippen molar-refractivity contribution in [2.75, 3.05) is 42.9 Å². The molecule has 1 amide bonds. The minimum Gasteiger partial charge on any atom is -0.457 e. The summed E-state index contributed by atoms with van der Waals surface area (Å²) in [6.45, 7) is 7.65. The Bertz CT molecular complexity index is 1040. The van der Waals surface area contributed by atoms with Gasteiger partial charge in [0.2, 0.25) is 5.91 Å². The number of ether oxygens (including phenoxy) is 1. The first kappa shape index (κ1) is 19.6. The van der Waals surface area contributed by atoms with Crippen molar-refractivity contribution in [1.29, 1.82) is 0 Å². The lowest BCUT2D eigenvalue weighted by molar-refractivity contribution is -0.898. The van der Waals surface area contributed by atoms with Gasteiger partial charge in [-0.1, -0.05) is 48.5 Å². The van der Waals surface area contributed by atoms with E-state index in [0.29, 0.717) is 0 Å². The van der Waals surface area contributed by atoms with Gasteiger partial charge in [-0.15, -0.1) is 0 Å². The van der Waals surface area contributed by atoms with Crippen LogP contribution >= 0.6 is 0 Å². The van der Waals surface area contributed by atoms with Gasteiger partial charge in [0, 0.05) is 11.1 Å². The number of anilines is 2. The number of hydrogen-bond acceptors (Lipinski definition) is 3. The summed E-state index contributed by atoms with van der Waals surface area (Å²) in [6, 6.07) is 23.7. The first-order chi connectivity index (χ1) is 15.2. The minimum atomic E-state index is -0.407. The molecule has 0 unspecified atom stereocenters. The number of carbonyl (C=O) groups excluding carboxylic acids is 1. The smallest absolute Gasteiger partial charge is 0.236 e. The minimum absolute atomic E-state index is 0.0338. The average molecular weight is 415 g/mol. The van der Waals surface area contributed by atoms with Crippen LogP contribution in [0.25, 0.3) is 0 Å². The molecule has 0 spiro atoms. The van der Waals surface area contributed by atoms with Gasteiger partial charge < -0.3 is 19.9 Å². The van der Waals surface area contributed by atoms with Crippen LogP contribution in [0.1, 0.15) is 24.0 Å². The van der Waals surface area contributed by atoms with E-state index in [1.165, 1.54) is 0 Å². The zero-order chi connectivity index (χ0) is 21.2. The fourth-order valence-corrected chi connectivity index (χ4v) is 4.67. The highest BCUT2D eigenvalue weighted by Crippen LogP contribution is 2.44. The second kappa shape index (κ2) is 8.44. The maximum atomic E-state index is 13.6. The standard InChI is InChI=1S/C26H27N3O2/c1-2-28-15-17-29(18-16-28)22-12-6-5-11-21(22)27-26(30)25-19-9-3-7-13-23(19)31-24-14-8-4-10-20(24)25/h3-14,25H,2,15-18H2,1H3,(H,27,30)/p+1. The molecule has 0 aliphatic carbocycles. The monoisotopic (exact) mass is 414 g/mol. The van der Waals surface area contributed by atoms with Crippen LogP contribution in [0.5, 0.6) is 11.5 Å². The highest BCUT2D eigenvalue weighted by atomic mass is 16.5. The summed E-state index contributed by atoms with van der Waals surface area (Å²) in [6.07, 6.45) is 0. The molecular weight excluding hydrogens is 386 g/mol. The molecule has 2 aliphatic rings. The second-order valence-electron chi connectivity index (χ2n) is 8.21. The van der Waals surface area contributed by atoms with E-state index in [2.05, 4.69) is 23.2 Å². The average Bonchev–Trinajstić information content (AvgIpc) is 2.83. The predicted molar refractivity (Wildman–Crippen MR) is 123 cm³/mol. The van der Waals surface area contributed by atoms with Gasteiger partial charge in [-0.2, -0.15) is 0 Å². The molecule has 0 saturated carbocycles. The molecule has 1 fully saturated rings. The molecule has 0 bridgehead atoms. The van der Waals surface area contributed by atoms with Crippen LogP contribution in [-0.4, -0.2) is 38.6 Å². The van der Waals surface area contributed by atoms with E-state index in [9.17, 15) is 4.79 Å². The molecule has 0 aromatic heterocycles. The molecule has 3 aromatic carbocycles. The molecule has 5 rings (SSSR count). The number of fused-ring (bicyclic) bond motifs is 2. The Balaban J connectivity index is 1.45. The van der Waals surface area contributed by atoms with Crippen LogP contribution in [0.2, 0.25) is 0 Å². The van der Waals surface area contributed by atoms with Crippen LogP contribution in [0.4, 0.5) is 11.4 Å². The van der Waals surface area contributed by atoms with E-state index in [1.807, 2.05) is 66.7 Å². The predicted octanol–water partition coefficient (Wildman–Crippen LogP) is 3.29. The molecule has 0 radical (unpaired) electrons. The number of nitrogens with zero attached hydrogens (tertiary/aromatic N) is 1. The molecule has 3 aromatic rings. The van der Waals surface area contributed by atoms with E-state index < -0.39 is 5.92 Å². The molecule has 31 heavy (non-hydrogen) atoms. The first-order valence-electron chi connectivity index (χ1n) is 11.1. The number of amides is 1. The lowest BCUT2D eigenvalue weighted by Crippen LogP contribution is -3.14. The lowest BCUT2D eigenvalue weighted by atomic mass is 9.87. The van der Waals surface area contributed by atoms with Crippen molar-refractivity contribution in [3.8, 4) is 11.5 Å². The molecule has 0 atom stereocenters. The highest BCUT2D eigenvalue weighted by Gasteiger charge is 2.33. The van der Waals surface area contributed by atoms with Gasteiger partial charge in [0.25, 0.3) is 0 Å². The summed E-state index contributed by atoms with van der Waals surface area (Å²) in [5.41, 5.74) is 3.77. The Morgan fingerprint density at radius 1 is 0.935 bits per heavy atom. The largest absolute Gasteiger partial charge is 0.457 e. The molecule has 158 valence electrons. The zero-order valence-corrected chi connectivity index (χ0v) is 17.8. The van der Waals surface area contributed by atoms with Crippen LogP contribution in [-0.2, 0) is 4.79 Å². The number of carbonyl (C=O) groups is 1.